The lowest BCUT2D eigenvalue weighted by molar-refractivity contribution is -0.120. The lowest BCUT2D eigenvalue weighted by Gasteiger charge is -2.25. The van der Waals surface area contributed by atoms with Crippen LogP contribution in [0, 0.1) is 0 Å². The van der Waals surface area contributed by atoms with Crippen molar-refractivity contribution in [1.82, 2.24) is 10.3 Å². The smallest absolute Gasteiger partial charge is 0.238 e. The second-order valence-corrected chi connectivity index (χ2v) is 6.10. The van der Waals surface area contributed by atoms with E-state index < -0.39 is 0 Å². The van der Waals surface area contributed by atoms with E-state index in [2.05, 4.69) is 47.9 Å². The first kappa shape index (κ1) is 15.7. The van der Waals surface area contributed by atoms with E-state index in [1.807, 2.05) is 18.2 Å². The molecular weight excluding hydrogens is 282 g/mol. The quantitative estimate of drug-likeness (QED) is 0.490. The van der Waals surface area contributed by atoms with Crippen LogP contribution in [-0.4, -0.2) is 17.9 Å². The predicted molar refractivity (Wildman–Crippen MR) is 86.7 cm³/mol. The van der Waals surface area contributed by atoms with Gasteiger partial charge in [-0.05, 0) is 36.5 Å². The molecule has 2 rings (SSSR count). The van der Waals surface area contributed by atoms with Crippen LogP contribution in [0.1, 0.15) is 29.0 Å². The fourth-order valence-corrected chi connectivity index (χ4v) is 3.11. The first-order valence-corrected chi connectivity index (χ1v) is 7.79. The third kappa shape index (κ3) is 4.14. The minimum atomic E-state index is -0.170. The first-order valence-electron chi connectivity index (χ1n) is 6.91. The van der Waals surface area contributed by atoms with Crippen LogP contribution >= 0.6 is 11.3 Å². The molecule has 1 amide bonds. The van der Waals surface area contributed by atoms with Gasteiger partial charge >= 0.3 is 0 Å². The van der Waals surface area contributed by atoms with Crippen molar-refractivity contribution in [3.63, 3.8) is 0 Å². The third-order valence-corrected chi connectivity index (χ3v) is 4.71. The Balaban J connectivity index is 2.10. The highest BCUT2D eigenvalue weighted by Gasteiger charge is 2.15. The second-order valence-electron chi connectivity index (χ2n) is 5.12. The fraction of sp³-hybridized carbons (Fsp3) is 0.312. The van der Waals surface area contributed by atoms with E-state index in [1.54, 1.807) is 11.3 Å². The number of thiophene rings is 1. The number of amides is 1. The Bertz CT molecular complexity index is 583. The van der Waals surface area contributed by atoms with Crippen LogP contribution in [-0.2, 0) is 17.8 Å². The molecule has 112 valence electrons. The molecular formula is C16H21N3OS. The maximum absolute atomic E-state index is 11.5. The van der Waals surface area contributed by atoms with Gasteiger partial charge in [0.05, 0.1) is 6.42 Å². The summed E-state index contributed by atoms with van der Waals surface area (Å²) in [5.41, 5.74) is 4.37. The van der Waals surface area contributed by atoms with Crippen molar-refractivity contribution in [2.45, 2.75) is 25.9 Å². The summed E-state index contributed by atoms with van der Waals surface area (Å²) in [5, 5.41) is 2.10. The topological polar surface area (TPSA) is 58.4 Å². The lowest BCUT2D eigenvalue weighted by atomic mass is 10.0. The van der Waals surface area contributed by atoms with Gasteiger partial charge in [-0.3, -0.25) is 15.1 Å². The normalized spacial score (nSPS) is 12.4. The van der Waals surface area contributed by atoms with Gasteiger partial charge in [0, 0.05) is 17.5 Å². The maximum atomic E-state index is 11.5. The molecule has 2 aromatic rings. The van der Waals surface area contributed by atoms with Gasteiger partial charge in [0.2, 0.25) is 5.91 Å². The number of nitrogens with zero attached hydrogens (tertiary/aromatic N) is 1. The van der Waals surface area contributed by atoms with E-state index in [9.17, 15) is 4.79 Å². The molecule has 0 fully saturated rings. The number of hydrogen-bond donors (Lipinski definition) is 2. The van der Waals surface area contributed by atoms with Crippen LogP contribution in [0.3, 0.4) is 0 Å². The average Bonchev–Trinajstić information content (AvgIpc) is 3.02. The molecule has 1 heterocycles. The maximum Gasteiger partial charge on any atom is 0.238 e. The molecule has 4 nitrogen and oxygen atoms in total. The van der Waals surface area contributed by atoms with Crippen molar-refractivity contribution >= 4 is 17.2 Å². The Morgan fingerprint density at radius 2 is 2.00 bits per heavy atom. The van der Waals surface area contributed by atoms with Crippen LogP contribution in [0.5, 0.6) is 0 Å². The number of rotatable bonds is 6. The molecule has 1 unspecified atom stereocenters. The van der Waals surface area contributed by atoms with Gasteiger partial charge < -0.3 is 0 Å². The standard InChI is InChI=1S/C16H21N3OS/c1-12(15-8-5-9-21-15)19(2)11-14-7-4-3-6-13(14)10-16(20)18-17/h3-9,12H,10-11,17H2,1-2H3,(H,18,20). The van der Waals surface area contributed by atoms with Gasteiger partial charge in [-0.1, -0.05) is 30.3 Å². The summed E-state index contributed by atoms with van der Waals surface area (Å²) in [7, 11) is 2.10. The van der Waals surface area contributed by atoms with Gasteiger partial charge in [0.25, 0.3) is 0 Å². The van der Waals surface area contributed by atoms with Crippen molar-refractivity contribution < 1.29 is 4.79 Å². The largest absolute Gasteiger partial charge is 0.295 e. The zero-order chi connectivity index (χ0) is 15.2. The zero-order valence-corrected chi connectivity index (χ0v) is 13.2. The van der Waals surface area contributed by atoms with Crippen LogP contribution < -0.4 is 11.3 Å². The minimum Gasteiger partial charge on any atom is -0.295 e. The molecule has 3 N–H and O–H groups in total. The molecule has 1 aromatic carbocycles. The summed E-state index contributed by atoms with van der Waals surface area (Å²) in [6.45, 7) is 2.99. The summed E-state index contributed by atoms with van der Waals surface area (Å²) >= 11 is 1.77. The molecule has 0 aliphatic carbocycles. The van der Waals surface area contributed by atoms with E-state index in [0.29, 0.717) is 12.5 Å². The van der Waals surface area contributed by atoms with E-state index in [-0.39, 0.29) is 5.91 Å². The monoisotopic (exact) mass is 303 g/mol. The first-order chi connectivity index (χ1) is 10.1. The van der Waals surface area contributed by atoms with Gasteiger partial charge in [-0.25, -0.2) is 5.84 Å². The molecule has 21 heavy (non-hydrogen) atoms. The van der Waals surface area contributed by atoms with Gasteiger partial charge in [0.15, 0.2) is 0 Å². The molecule has 0 bridgehead atoms. The Labute approximate surface area is 129 Å². The number of nitrogens with one attached hydrogen (secondary N) is 1. The van der Waals surface area contributed by atoms with Crippen LogP contribution in [0.2, 0.25) is 0 Å². The Kier molecular flexibility index (Phi) is 5.50. The van der Waals surface area contributed by atoms with Gasteiger partial charge in [-0.15, -0.1) is 11.3 Å². The Morgan fingerprint density at radius 3 is 2.62 bits per heavy atom. The summed E-state index contributed by atoms with van der Waals surface area (Å²) in [6.07, 6.45) is 0.313. The van der Waals surface area contributed by atoms with E-state index in [0.717, 1.165) is 17.7 Å². The summed E-state index contributed by atoms with van der Waals surface area (Å²) in [5.74, 6) is 5.01. The van der Waals surface area contributed by atoms with Crippen LogP contribution in [0.15, 0.2) is 41.8 Å². The number of nitrogens with two attached hydrogens (primary N) is 1. The molecule has 0 spiro atoms. The summed E-state index contributed by atoms with van der Waals surface area (Å²) in [6, 6.07) is 12.6. The number of benzene rings is 1. The van der Waals surface area contributed by atoms with Crippen molar-refractivity contribution in [3.8, 4) is 0 Å². The summed E-state index contributed by atoms with van der Waals surface area (Å²) in [4.78, 5) is 15.1. The summed E-state index contributed by atoms with van der Waals surface area (Å²) < 4.78 is 0. The molecule has 5 heteroatoms. The predicted octanol–water partition coefficient (Wildman–Crippen LogP) is 2.47. The molecule has 0 radical (unpaired) electrons. The number of carbonyl (C=O) groups is 1. The van der Waals surface area contributed by atoms with Gasteiger partial charge in [-0.2, -0.15) is 0 Å². The second kappa shape index (κ2) is 7.36. The SMILES string of the molecule is CC(c1cccs1)N(C)Cc1ccccc1CC(=O)NN. The Morgan fingerprint density at radius 1 is 1.29 bits per heavy atom. The Hall–Kier alpha value is -1.69. The van der Waals surface area contributed by atoms with Crippen molar-refractivity contribution in [3.05, 3.63) is 57.8 Å². The minimum absolute atomic E-state index is 0.170. The number of hydrogen-bond acceptors (Lipinski definition) is 4. The lowest BCUT2D eigenvalue weighted by Crippen LogP contribution is -2.32. The molecule has 0 saturated heterocycles. The van der Waals surface area contributed by atoms with E-state index >= 15 is 0 Å². The van der Waals surface area contributed by atoms with Crippen molar-refractivity contribution in [2.24, 2.45) is 5.84 Å². The molecule has 0 saturated carbocycles. The highest BCUT2D eigenvalue weighted by molar-refractivity contribution is 7.10. The average molecular weight is 303 g/mol. The molecule has 1 atom stereocenters. The molecule has 1 aromatic heterocycles. The highest BCUT2D eigenvalue weighted by atomic mass is 32.1. The van der Waals surface area contributed by atoms with Crippen LogP contribution in [0.4, 0.5) is 0 Å². The number of hydrazine groups is 1. The van der Waals surface area contributed by atoms with Gasteiger partial charge in [0.1, 0.15) is 0 Å². The number of carbonyl (C=O) groups excluding carboxylic acids is 1. The van der Waals surface area contributed by atoms with Crippen molar-refractivity contribution in [2.75, 3.05) is 7.05 Å². The zero-order valence-electron chi connectivity index (χ0n) is 12.4. The van der Waals surface area contributed by atoms with E-state index in [4.69, 9.17) is 5.84 Å². The van der Waals surface area contributed by atoms with Crippen molar-refractivity contribution in [1.29, 1.82) is 0 Å². The molecule has 0 aliphatic rings. The van der Waals surface area contributed by atoms with Crippen LogP contribution in [0.25, 0.3) is 0 Å². The highest BCUT2D eigenvalue weighted by Crippen LogP contribution is 2.25. The van der Waals surface area contributed by atoms with E-state index in [1.165, 1.54) is 4.88 Å². The molecule has 0 aliphatic heterocycles. The third-order valence-electron chi connectivity index (χ3n) is 3.67. The fourth-order valence-electron chi connectivity index (χ4n) is 2.26.